The van der Waals surface area contributed by atoms with Crippen LogP contribution in [0, 0.1) is 11.8 Å². The van der Waals surface area contributed by atoms with Gasteiger partial charge in [-0.2, -0.15) is 4.31 Å². The molecule has 1 aliphatic heterocycles. The van der Waals surface area contributed by atoms with E-state index >= 15 is 0 Å². The lowest BCUT2D eigenvalue weighted by molar-refractivity contribution is 0.0485. The molecule has 2 aliphatic rings. The average molecular weight is 406 g/mol. The van der Waals surface area contributed by atoms with E-state index in [2.05, 4.69) is 6.92 Å². The van der Waals surface area contributed by atoms with Crippen LogP contribution in [0.3, 0.4) is 0 Å². The Morgan fingerprint density at radius 2 is 1.80 bits per heavy atom. The van der Waals surface area contributed by atoms with Gasteiger partial charge in [-0.15, -0.1) is 23.2 Å². The number of ether oxygens (including phenoxy) is 1. The molecule has 2 fully saturated rings. The van der Waals surface area contributed by atoms with Crippen LogP contribution in [0.2, 0.25) is 0 Å². The van der Waals surface area contributed by atoms with Gasteiger partial charge >= 0.3 is 5.97 Å². The summed E-state index contributed by atoms with van der Waals surface area (Å²) in [6.07, 6.45) is 2.34. The van der Waals surface area contributed by atoms with Crippen molar-refractivity contribution in [2.45, 2.75) is 35.4 Å². The highest BCUT2D eigenvalue weighted by atomic mass is 35.5. The summed E-state index contributed by atoms with van der Waals surface area (Å²) in [4.78, 5) is 12.2. The number of rotatable bonds is 5. The molecule has 138 valence electrons. The van der Waals surface area contributed by atoms with Crippen molar-refractivity contribution >= 4 is 39.2 Å². The third-order valence-electron chi connectivity index (χ3n) is 4.84. The lowest BCUT2D eigenvalue weighted by Gasteiger charge is -2.29. The van der Waals surface area contributed by atoms with Crippen LogP contribution in [-0.2, 0) is 14.8 Å². The van der Waals surface area contributed by atoms with Crippen LogP contribution >= 0.6 is 23.2 Å². The predicted octanol–water partition coefficient (Wildman–Crippen LogP) is 3.46. The standard InChI is InChI=1S/C17H21Cl2NO4S/c1-12-6-8-20(9-7-12)25(22,23)15-4-2-13(3-5-15)16(21)24-11-14-10-17(14,18)19/h2-5,12,14H,6-11H2,1H3/t14-/m1/s1. The Balaban J connectivity index is 1.62. The summed E-state index contributed by atoms with van der Waals surface area (Å²) in [5.41, 5.74) is 0.307. The molecule has 1 heterocycles. The molecule has 3 rings (SSSR count). The van der Waals surface area contributed by atoms with Gasteiger partial charge in [-0.25, -0.2) is 13.2 Å². The molecule has 1 saturated heterocycles. The van der Waals surface area contributed by atoms with Gasteiger partial charge in [0.25, 0.3) is 0 Å². The normalized spacial score (nSPS) is 24.0. The van der Waals surface area contributed by atoms with Gasteiger partial charge in [-0.05, 0) is 49.4 Å². The van der Waals surface area contributed by atoms with Crippen LogP contribution in [0.4, 0.5) is 0 Å². The number of nitrogens with zero attached hydrogens (tertiary/aromatic N) is 1. The number of sulfonamides is 1. The topological polar surface area (TPSA) is 63.7 Å². The molecule has 0 unspecified atom stereocenters. The van der Waals surface area contributed by atoms with E-state index in [4.69, 9.17) is 27.9 Å². The Morgan fingerprint density at radius 1 is 1.24 bits per heavy atom. The number of esters is 1. The van der Waals surface area contributed by atoms with Gasteiger partial charge in [0.05, 0.1) is 17.1 Å². The minimum absolute atomic E-state index is 0.0408. The fourth-order valence-electron chi connectivity index (χ4n) is 2.85. The van der Waals surface area contributed by atoms with Crippen LogP contribution in [-0.4, -0.2) is 42.7 Å². The van der Waals surface area contributed by atoms with Crippen LogP contribution in [0.25, 0.3) is 0 Å². The maximum Gasteiger partial charge on any atom is 0.338 e. The van der Waals surface area contributed by atoms with E-state index in [0.29, 0.717) is 31.0 Å². The second-order valence-corrected chi connectivity index (χ2v) is 10.4. The molecular weight excluding hydrogens is 385 g/mol. The zero-order valence-electron chi connectivity index (χ0n) is 14.0. The molecular formula is C17H21Cl2NO4S. The molecule has 0 N–H and O–H groups in total. The molecule has 8 heteroatoms. The Hall–Kier alpha value is -0.820. The molecule has 5 nitrogen and oxygen atoms in total. The van der Waals surface area contributed by atoms with Gasteiger partial charge in [-0.1, -0.05) is 6.92 Å². The molecule has 1 saturated carbocycles. The van der Waals surface area contributed by atoms with E-state index in [9.17, 15) is 13.2 Å². The van der Waals surface area contributed by atoms with E-state index in [1.54, 1.807) is 0 Å². The van der Waals surface area contributed by atoms with Crippen LogP contribution in [0.15, 0.2) is 29.2 Å². The van der Waals surface area contributed by atoms with E-state index in [-0.39, 0.29) is 17.4 Å². The number of alkyl halides is 2. The highest BCUT2D eigenvalue weighted by Crippen LogP contribution is 2.53. The first kappa shape index (κ1) is 19.0. The van der Waals surface area contributed by atoms with Gasteiger partial charge in [0, 0.05) is 19.0 Å². The molecule has 0 amide bonds. The number of hydrogen-bond acceptors (Lipinski definition) is 4. The lowest BCUT2D eigenvalue weighted by Crippen LogP contribution is -2.37. The first-order chi connectivity index (χ1) is 11.7. The van der Waals surface area contributed by atoms with Crippen molar-refractivity contribution < 1.29 is 17.9 Å². The van der Waals surface area contributed by atoms with Crippen molar-refractivity contribution in [3.05, 3.63) is 29.8 Å². The average Bonchev–Trinajstić information content (AvgIpc) is 3.20. The Morgan fingerprint density at radius 3 is 2.32 bits per heavy atom. The Bertz CT molecular complexity index is 740. The number of carbonyl (C=O) groups excluding carboxylic acids is 1. The maximum absolute atomic E-state index is 12.7. The lowest BCUT2D eigenvalue weighted by atomic mass is 10.0. The highest BCUT2D eigenvalue weighted by molar-refractivity contribution is 7.89. The van der Waals surface area contributed by atoms with E-state index in [0.717, 1.165) is 12.8 Å². The van der Waals surface area contributed by atoms with Gasteiger partial charge < -0.3 is 4.74 Å². The fraction of sp³-hybridized carbons (Fsp3) is 0.588. The second kappa shape index (κ2) is 7.06. The zero-order valence-corrected chi connectivity index (χ0v) is 16.3. The summed E-state index contributed by atoms with van der Waals surface area (Å²) in [7, 11) is -3.51. The van der Waals surface area contributed by atoms with Crippen LogP contribution in [0.1, 0.15) is 36.5 Å². The highest BCUT2D eigenvalue weighted by Gasteiger charge is 2.52. The van der Waals surface area contributed by atoms with Crippen molar-refractivity contribution in [2.24, 2.45) is 11.8 Å². The van der Waals surface area contributed by atoms with E-state index < -0.39 is 20.3 Å². The van der Waals surface area contributed by atoms with E-state index in [1.165, 1.54) is 28.6 Å². The van der Waals surface area contributed by atoms with Gasteiger partial charge in [0.2, 0.25) is 10.0 Å². The molecule has 0 spiro atoms. The Kier molecular flexibility index (Phi) is 5.36. The van der Waals surface area contributed by atoms with E-state index in [1.807, 2.05) is 0 Å². The number of piperidine rings is 1. The minimum atomic E-state index is -3.51. The smallest absolute Gasteiger partial charge is 0.338 e. The van der Waals surface area contributed by atoms with Crippen molar-refractivity contribution in [3.8, 4) is 0 Å². The molecule has 0 bridgehead atoms. The fourth-order valence-corrected chi connectivity index (χ4v) is 4.82. The van der Waals surface area contributed by atoms with Gasteiger partial charge in [0.1, 0.15) is 4.33 Å². The molecule has 0 aromatic heterocycles. The van der Waals surface area contributed by atoms with Crippen molar-refractivity contribution in [1.29, 1.82) is 0 Å². The molecule has 1 aromatic carbocycles. The summed E-state index contributed by atoms with van der Waals surface area (Å²) in [5, 5.41) is 0. The van der Waals surface area contributed by atoms with Crippen LogP contribution < -0.4 is 0 Å². The largest absolute Gasteiger partial charge is 0.462 e. The molecule has 0 radical (unpaired) electrons. The minimum Gasteiger partial charge on any atom is -0.462 e. The number of benzene rings is 1. The van der Waals surface area contributed by atoms with Crippen molar-refractivity contribution in [1.82, 2.24) is 4.31 Å². The maximum atomic E-state index is 12.7. The SMILES string of the molecule is CC1CCN(S(=O)(=O)c2ccc(C(=O)OC[C@H]3CC3(Cl)Cl)cc2)CC1. The third-order valence-corrected chi connectivity index (χ3v) is 7.68. The first-order valence-electron chi connectivity index (χ1n) is 8.35. The number of hydrogen-bond donors (Lipinski definition) is 0. The quantitative estimate of drug-likeness (QED) is 0.555. The predicted molar refractivity (Wildman–Crippen MR) is 96.4 cm³/mol. The zero-order chi connectivity index (χ0) is 18.2. The van der Waals surface area contributed by atoms with Gasteiger partial charge in [0.15, 0.2) is 0 Å². The monoisotopic (exact) mass is 405 g/mol. The molecule has 25 heavy (non-hydrogen) atoms. The summed E-state index contributed by atoms with van der Waals surface area (Å²) in [6.45, 7) is 3.36. The summed E-state index contributed by atoms with van der Waals surface area (Å²) >= 11 is 11.8. The summed E-state index contributed by atoms with van der Waals surface area (Å²) in [6, 6.07) is 5.86. The summed E-state index contributed by atoms with van der Waals surface area (Å²) < 4.78 is 31.2. The molecule has 1 aromatic rings. The number of halogens is 2. The van der Waals surface area contributed by atoms with Crippen molar-refractivity contribution in [2.75, 3.05) is 19.7 Å². The molecule has 1 aliphatic carbocycles. The van der Waals surface area contributed by atoms with Gasteiger partial charge in [-0.3, -0.25) is 0 Å². The third kappa shape index (κ3) is 4.30. The second-order valence-electron chi connectivity index (χ2n) is 6.87. The Labute approximate surface area is 158 Å². The summed E-state index contributed by atoms with van der Waals surface area (Å²) in [5.74, 6) is 0.00230. The first-order valence-corrected chi connectivity index (χ1v) is 10.5. The van der Waals surface area contributed by atoms with Crippen LogP contribution in [0.5, 0.6) is 0 Å². The number of carbonyl (C=O) groups is 1. The van der Waals surface area contributed by atoms with Crippen molar-refractivity contribution in [3.63, 3.8) is 0 Å². The molecule has 1 atom stereocenters.